The standard InChI is InChI=1S/C20H30N2O2/c1-14(2)15-8-10-17(11-9-15)21-18(23)16-7-6-12-22(13-16)19(24)20(3,4)5/h8-11,14,16H,6-7,12-13H2,1-5H3,(H,21,23)/t16-/m1/s1. The highest BCUT2D eigenvalue weighted by atomic mass is 16.2. The molecule has 1 N–H and O–H groups in total. The number of carbonyl (C=O) groups is 2. The summed E-state index contributed by atoms with van der Waals surface area (Å²) in [6, 6.07) is 8.01. The van der Waals surface area contributed by atoms with Crippen molar-refractivity contribution in [3.63, 3.8) is 0 Å². The molecule has 0 saturated carbocycles. The van der Waals surface area contributed by atoms with Gasteiger partial charge in [-0.2, -0.15) is 0 Å². The fraction of sp³-hybridized carbons (Fsp3) is 0.600. The SMILES string of the molecule is CC(C)c1ccc(NC(=O)[C@@H]2CCCN(C(=O)C(C)(C)C)C2)cc1. The third-order valence-corrected chi connectivity index (χ3v) is 4.57. The first-order valence-corrected chi connectivity index (χ1v) is 8.88. The number of nitrogens with zero attached hydrogens (tertiary/aromatic N) is 1. The fourth-order valence-corrected chi connectivity index (χ4v) is 3.05. The van der Waals surface area contributed by atoms with Crippen molar-refractivity contribution in [2.24, 2.45) is 11.3 Å². The van der Waals surface area contributed by atoms with Gasteiger partial charge in [-0.15, -0.1) is 0 Å². The number of rotatable bonds is 3. The molecule has 1 fully saturated rings. The van der Waals surface area contributed by atoms with Gasteiger partial charge >= 0.3 is 0 Å². The number of hydrogen-bond acceptors (Lipinski definition) is 2. The van der Waals surface area contributed by atoms with E-state index in [1.54, 1.807) is 0 Å². The molecule has 1 atom stereocenters. The molecule has 2 rings (SSSR count). The first kappa shape index (κ1) is 18.5. The Balaban J connectivity index is 1.98. The van der Waals surface area contributed by atoms with Crippen molar-refractivity contribution in [2.45, 2.75) is 53.4 Å². The van der Waals surface area contributed by atoms with Crippen LogP contribution in [0.3, 0.4) is 0 Å². The van der Waals surface area contributed by atoms with E-state index in [4.69, 9.17) is 0 Å². The molecule has 0 spiro atoms. The second kappa shape index (κ2) is 7.37. The summed E-state index contributed by atoms with van der Waals surface area (Å²) in [5, 5.41) is 3.00. The highest BCUT2D eigenvalue weighted by molar-refractivity contribution is 5.93. The molecule has 1 aromatic rings. The maximum Gasteiger partial charge on any atom is 0.229 e. The largest absolute Gasteiger partial charge is 0.341 e. The average Bonchev–Trinajstić information content (AvgIpc) is 2.54. The van der Waals surface area contributed by atoms with Crippen molar-refractivity contribution in [2.75, 3.05) is 18.4 Å². The first-order valence-electron chi connectivity index (χ1n) is 8.88. The highest BCUT2D eigenvalue weighted by Crippen LogP contribution is 2.25. The minimum Gasteiger partial charge on any atom is -0.341 e. The minimum atomic E-state index is -0.398. The maximum absolute atomic E-state index is 12.6. The predicted octanol–water partition coefficient (Wildman–Crippen LogP) is 4.03. The maximum atomic E-state index is 12.6. The summed E-state index contributed by atoms with van der Waals surface area (Å²) in [6.45, 7) is 11.3. The predicted molar refractivity (Wildman–Crippen MR) is 97.9 cm³/mol. The van der Waals surface area contributed by atoms with Crippen LogP contribution >= 0.6 is 0 Å². The fourth-order valence-electron chi connectivity index (χ4n) is 3.05. The Bertz CT molecular complexity index is 585. The van der Waals surface area contributed by atoms with E-state index in [9.17, 15) is 9.59 Å². The lowest BCUT2D eigenvalue weighted by Gasteiger charge is -2.35. The topological polar surface area (TPSA) is 49.4 Å². The van der Waals surface area contributed by atoms with Crippen molar-refractivity contribution < 1.29 is 9.59 Å². The van der Waals surface area contributed by atoms with Crippen LogP contribution in [-0.4, -0.2) is 29.8 Å². The van der Waals surface area contributed by atoms with Gasteiger partial charge < -0.3 is 10.2 Å². The molecule has 1 saturated heterocycles. The van der Waals surface area contributed by atoms with Crippen LogP contribution in [0, 0.1) is 11.3 Å². The third kappa shape index (κ3) is 4.59. The molecular weight excluding hydrogens is 300 g/mol. The number of carbonyl (C=O) groups excluding carboxylic acids is 2. The Morgan fingerprint density at radius 1 is 1.17 bits per heavy atom. The second-order valence-corrected chi connectivity index (χ2v) is 8.11. The summed E-state index contributed by atoms with van der Waals surface area (Å²) >= 11 is 0. The minimum absolute atomic E-state index is 0.0127. The Labute approximate surface area is 145 Å². The molecule has 4 nitrogen and oxygen atoms in total. The molecule has 24 heavy (non-hydrogen) atoms. The lowest BCUT2D eigenvalue weighted by molar-refractivity contribution is -0.142. The van der Waals surface area contributed by atoms with Gasteiger partial charge in [0.25, 0.3) is 0 Å². The van der Waals surface area contributed by atoms with Crippen LogP contribution in [-0.2, 0) is 9.59 Å². The van der Waals surface area contributed by atoms with Crippen LogP contribution < -0.4 is 5.32 Å². The molecule has 132 valence electrons. The Morgan fingerprint density at radius 2 is 1.79 bits per heavy atom. The van der Waals surface area contributed by atoms with E-state index in [-0.39, 0.29) is 17.7 Å². The second-order valence-electron chi connectivity index (χ2n) is 8.11. The van der Waals surface area contributed by atoms with Gasteiger partial charge in [0.2, 0.25) is 11.8 Å². The van der Waals surface area contributed by atoms with Gasteiger partial charge in [0, 0.05) is 24.2 Å². The smallest absolute Gasteiger partial charge is 0.229 e. The van der Waals surface area contributed by atoms with Crippen molar-refractivity contribution >= 4 is 17.5 Å². The van der Waals surface area contributed by atoms with Crippen molar-refractivity contribution in [3.8, 4) is 0 Å². The number of anilines is 1. The van der Waals surface area contributed by atoms with Crippen molar-refractivity contribution in [1.29, 1.82) is 0 Å². The number of piperidine rings is 1. The van der Waals surface area contributed by atoms with Gasteiger partial charge in [0.1, 0.15) is 0 Å². The summed E-state index contributed by atoms with van der Waals surface area (Å²) in [5.74, 6) is 0.486. The Morgan fingerprint density at radius 3 is 2.33 bits per heavy atom. The van der Waals surface area contributed by atoms with Crippen LogP contribution in [0.15, 0.2) is 24.3 Å². The lowest BCUT2D eigenvalue weighted by Crippen LogP contribution is -2.47. The highest BCUT2D eigenvalue weighted by Gasteiger charge is 2.33. The molecule has 4 heteroatoms. The van der Waals surface area contributed by atoms with E-state index in [0.717, 1.165) is 25.1 Å². The zero-order valence-corrected chi connectivity index (χ0v) is 15.6. The molecule has 0 aliphatic carbocycles. The van der Waals surface area contributed by atoms with Gasteiger partial charge in [0.05, 0.1) is 5.92 Å². The van der Waals surface area contributed by atoms with E-state index < -0.39 is 5.41 Å². The van der Waals surface area contributed by atoms with Crippen molar-refractivity contribution in [1.82, 2.24) is 4.90 Å². The molecule has 0 bridgehead atoms. The van der Waals surface area contributed by atoms with Crippen LogP contribution in [0.25, 0.3) is 0 Å². The van der Waals surface area contributed by atoms with Gasteiger partial charge in [-0.3, -0.25) is 9.59 Å². The van der Waals surface area contributed by atoms with Crippen LogP contribution in [0.2, 0.25) is 0 Å². The third-order valence-electron chi connectivity index (χ3n) is 4.57. The number of likely N-dealkylation sites (tertiary alicyclic amines) is 1. The number of amides is 2. The summed E-state index contributed by atoms with van der Waals surface area (Å²) in [5.41, 5.74) is 1.68. The summed E-state index contributed by atoms with van der Waals surface area (Å²) in [6.07, 6.45) is 1.72. The Kier molecular flexibility index (Phi) is 5.68. The lowest BCUT2D eigenvalue weighted by atomic mass is 9.91. The molecule has 0 radical (unpaired) electrons. The summed E-state index contributed by atoms with van der Waals surface area (Å²) in [4.78, 5) is 26.8. The van der Waals surface area contributed by atoms with Gasteiger partial charge in [0.15, 0.2) is 0 Å². The van der Waals surface area contributed by atoms with E-state index in [2.05, 4.69) is 31.3 Å². The summed E-state index contributed by atoms with van der Waals surface area (Å²) < 4.78 is 0. The van der Waals surface area contributed by atoms with Crippen LogP contribution in [0.4, 0.5) is 5.69 Å². The van der Waals surface area contributed by atoms with Gasteiger partial charge in [-0.05, 0) is 36.5 Å². The molecule has 0 unspecified atom stereocenters. The van der Waals surface area contributed by atoms with Crippen molar-refractivity contribution in [3.05, 3.63) is 29.8 Å². The quantitative estimate of drug-likeness (QED) is 0.909. The van der Waals surface area contributed by atoms with Crippen LogP contribution in [0.1, 0.15) is 58.9 Å². The molecule has 0 aromatic heterocycles. The number of nitrogens with one attached hydrogen (secondary N) is 1. The Hall–Kier alpha value is -1.84. The van der Waals surface area contributed by atoms with Gasteiger partial charge in [-0.25, -0.2) is 0 Å². The van der Waals surface area contributed by atoms with E-state index in [1.807, 2.05) is 37.8 Å². The molecule has 1 aliphatic heterocycles. The number of hydrogen-bond donors (Lipinski definition) is 1. The van der Waals surface area contributed by atoms with Gasteiger partial charge in [-0.1, -0.05) is 46.8 Å². The molecular formula is C20H30N2O2. The first-order chi connectivity index (χ1) is 11.2. The molecule has 2 amide bonds. The summed E-state index contributed by atoms with van der Waals surface area (Å²) in [7, 11) is 0. The average molecular weight is 330 g/mol. The van der Waals surface area contributed by atoms with Crippen LogP contribution in [0.5, 0.6) is 0 Å². The number of benzene rings is 1. The normalized spacial score (nSPS) is 18.6. The van der Waals surface area contributed by atoms with E-state index in [1.165, 1.54) is 5.56 Å². The van der Waals surface area contributed by atoms with E-state index in [0.29, 0.717) is 12.5 Å². The molecule has 1 aliphatic rings. The zero-order valence-electron chi connectivity index (χ0n) is 15.6. The zero-order chi connectivity index (χ0) is 17.9. The molecule has 1 heterocycles. The van der Waals surface area contributed by atoms with E-state index >= 15 is 0 Å². The molecule has 1 aromatic carbocycles. The monoisotopic (exact) mass is 330 g/mol.